The Morgan fingerprint density at radius 3 is 2.54 bits per heavy atom. The van der Waals surface area contributed by atoms with Crippen molar-refractivity contribution in [3.05, 3.63) is 83.4 Å². The maximum Gasteiger partial charge on any atom is 0.337 e. The number of carboxylic acids is 1. The van der Waals surface area contributed by atoms with Crippen LogP contribution >= 0.6 is 0 Å². The fraction of sp³-hybridized carbons (Fsp3) is 0.0476. The van der Waals surface area contributed by atoms with Crippen LogP contribution in [0, 0.1) is 11.3 Å². The van der Waals surface area contributed by atoms with Crippen molar-refractivity contribution in [2.45, 2.75) is 6.54 Å². The molecule has 128 valence electrons. The number of carboxylic acid groups (broad SMARTS) is 1. The highest BCUT2D eigenvalue weighted by atomic mass is 16.4. The second-order valence-electron chi connectivity index (χ2n) is 5.79. The normalized spacial score (nSPS) is 10.1. The Bertz CT molecular complexity index is 992. The Kier molecular flexibility index (Phi) is 4.86. The average molecular weight is 343 g/mol. The zero-order valence-electron chi connectivity index (χ0n) is 13.9. The molecule has 0 amide bonds. The van der Waals surface area contributed by atoms with Crippen LogP contribution in [-0.2, 0) is 6.54 Å². The van der Waals surface area contributed by atoms with Crippen LogP contribution in [0.2, 0.25) is 0 Å². The molecule has 0 heterocycles. The van der Waals surface area contributed by atoms with Crippen molar-refractivity contribution < 1.29 is 9.90 Å². The predicted octanol–water partition coefficient (Wildman–Crippen LogP) is 4.12. The van der Waals surface area contributed by atoms with Crippen molar-refractivity contribution >= 4 is 17.3 Å². The number of nitrogens with zero attached hydrogens (tertiary/aromatic N) is 1. The summed E-state index contributed by atoms with van der Waals surface area (Å²) in [5, 5.41) is 21.9. The van der Waals surface area contributed by atoms with Crippen LogP contribution in [0.3, 0.4) is 0 Å². The third kappa shape index (κ3) is 3.50. The number of benzene rings is 3. The first-order valence-electron chi connectivity index (χ1n) is 8.04. The van der Waals surface area contributed by atoms with Crippen molar-refractivity contribution in [3.63, 3.8) is 0 Å². The number of nitrogens with one attached hydrogen (secondary N) is 1. The SMILES string of the molecule is N#Cc1cc(CNc2c(N)cccc2C(=O)O)ccc1-c1ccccc1. The van der Waals surface area contributed by atoms with E-state index in [1.54, 1.807) is 18.2 Å². The lowest BCUT2D eigenvalue weighted by Gasteiger charge is -2.13. The summed E-state index contributed by atoms with van der Waals surface area (Å²) in [5.74, 6) is -1.04. The number of aromatic carboxylic acids is 1. The summed E-state index contributed by atoms with van der Waals surface area (Å²) in [7, 11) is 0. The van der Waals surface area contributed by atoms with Crippen molar-refractivity contribution in [2.24, 2.45) is 0 Å². The molecule has 0 saturated heterocycles. The molecular weight excluding hydrogens is 326 g/mol. The van der Waals surface area contributed by atoms with Crippen LogP contribution < -0.4 is 11.1 Å². The molecule has 0 spiro atoms. The predicted molar refractivity (Wildman–Crippen MR) is 102 cm³/mol. The van der Waals surface area contributed by atoms with Crippen molar-refractivity contribution in [2.75, 3.05) is 11.1 Å². The number of nitrogen functional groups attached to an aromatic ring is 1. The number of hydrogen-bond acceptors (Lipinski definition) is 4. The second kappa shape index (κ2) is 7.41. The highest BCUT2D eigenvalue weighted by molar-refractivity contribution is 5.97. The molecule has 0 unspecified atom stereocenters. The molecule has 0 bridgehead atoms. The van der Waals surface area contributed by atoms with E-state index in [1.165, 1.54) is 6.07 Å². The molecule has 5 heteroatoms. The molecule has 3 rings (SSSR count). The van der Waals surface area contributed by atoms with Crippen molar-refractivity contribution in [1.82, 2.24) is 0 Å². The lowest BCUT2D eigenvalue weighted by molar-refractivity contribution is 0.0698. The van der Waals surface area contributed by atoms with E-state index in [-0.39, 0.29) is 5.56 Å². The van der Waals surface area contributed by atoms with Gasteiger partial charge < -0.3 is 16.2 Å². The van der Waals surface area contributed by atoms with E-state index in [1.807, 2.05) is 42.5 Å². The zero-order valence-corrected chi connectivity index (χ0v) is 13.9. The van der Waals surface area contributed by atoms with E-state index in [2.05, 4.69) is 11.4 Å². The van der Waals surface area contributed by atoms with E-state index >= 15 is 0 Å². The number of rotatable bonds is 5. The third-order valence-corrected chi connectivity index (χ3v) is 4.09. The Morgan fingerprint density at radius 2 is 1.85 bits per heavy atom. The van der Waals surface area contributed by atoms with E-state index < -0.39 is 5.97 Å². The number of nitriles is 1. The minimum absolute atomic E-state index is 0.117. The Labute approximate surface area is 151 Å². The summed E-state index contributed by atoms with van der Waals surface area (Å²) in [4.78, 5) is 11.3. The Hall–Kier alpha value is -3.78. The molecule has 0 atom stereocenters. The molecule has 0 saturated carbocycles. The molecule has 0 radical (unpaired) electrons. The van der Waals surface area contributed by atoms with Gasteiger partial charge in [-0.25, -0.2) is 4.79 Å². The maximum atomic E-state index is 11.3. The van der Waals surface area contributed by atoms with E-state index in [0.717, 1.165) is 16.7 Å². The molecule has 3 aromatic carbocycles. The quantitative estimate of drug-likeness (QED) is 0.605. The van der Waals surface area contributed by atoms with Gasteiger partial charge >= 0.3 is 5.97 Å². The highest BCUT2D eigenvalue weighted by Gasteiger charge is 2.13. The summed E-state index contributed by atoms with van der Waals surface area (Å²) in [6.45, 7) is 0.359. The Balaban J connectivity index is 1.87. The monoisotopic (exact) mass is 343 g/mol. The smallest absolute Gasteiger partial charge is 0.337 e. The van der Waals surface area contributed by atoms with Gasteiger partial charge in [0.05, 0.1) is 28.6 Å². The lowest BCUT2D eigenvalue weighted by atomic mass is 9.98. The molecule has 0 fully saturated rings. The van der Waals surface area contributed by atoms with Crippen molar-refractivity contribution in [1.29, 1.82) is 5.26 Å². The first-order valence-corrected chi connectivity index (χ1v) is 8.04. The van der Waals surface area contributed by atoms with Gasteiger partial charge in [0, 0.05) is 6.54 Å². The van der Waals surface area contributed by atoms with Crippen LogP contribution in [0.25, 0.3) is 11.1 Å². The highest BCUT2D eigenvalue weighted by Crippen LogP contribution is 2.27. The van der Waals surface area contributed by atoms with Crippen LogP contribution in [0.4, 0.5) is 11.4 Å². The molecule has 3 aromatic rings. The number of carbonyl (C=O) groups is 1. The van der Waals surface area contributed by atoms with Crippen LogP contribution in [-0.4, -0.2) is 11.1 Å². The van der Waals surface area contributed by atoms with Crippen molar-refractivity contribution in [3.8, 4) is 17.2 Å². The maximum absolute atomic E-state index is 11.3. The molecule has 0 aliphatic carbocycles. The molecule has 4 N–H and O–H groups in total. The summed E-state index contributed by atoms with van der Waals surface area (Å²) in [6.07, 6.45) is 0. The molecular formula is C21H17N3O2. The van der Waals surface area contributed by atoms with Gasteiger partial charge in [-0.1, -0.05) is 48.5 Å². The van der Waals surface area contributed by atoms with Gasteiger partial charge in [0.15, 0.2) is 0 Å². The van der Waals surface area contributed by atoms with Crippen LogP contribution in [0.15, 0.2) is 66.7 Å². The van der Waals surface area contributed by atoms with Gasteiger partial charge in [0.2, 0.25) is 0 Å². The second-order valence-corrected chi connectivity index (χ2v) is 5.79. The first kappa shape index (κ1) is 17.1. The third-order valence-electron chi connectivity index (χ3n) is 4.09. The fourth-order valence-corrected chi connectivity index (χ4v) is 2.80. The molecule has 0 aromatic heterocycles. The van der Waals surface area contributed by atoms with Gasteiger partial charge in [-0.15, -0.1) is 0 Å². The van der Waals surface area contributed by atoms with Gasteiger partial charge in [0.25, 0.3) is 0 Å². The van der Waals surface area contributed by atoms with Gasteiger partial charge in [0.1, 0.15) is 0 Å². The number of anilines is 2. The number of para-hydroxylation sites is 1. The summed E-state index contributed by atoms with van der Waals surface area (Å²) < 4.78 is 0. The van der Waals surface area contributed by atoms with Gasteiger partial charge in [-0.3, -0.25) is 0 Å². The average Bonchev–Trinajstić information content (AvgIpc) is 2.67. The van der Waals surface area contributed by atoms with E-state index in [9.17, 15) is 15.2 Å². The summed E-state index contributed by atoms with van der Waals surface area (Å²) in [6, 6.07) is 22.3. The zero-order chi connectivity index (χ0) is 18.5. The molecule has 5 nitrogen and oxygen atoms in total. The number of hydrogen-bond donors (Lipinski definition) is 3. The van der Waals surface area contributed by atoms with Crippen LogP contribution in [0.5, 0.6) is 0 Å². The minimum atomic E-state index is -1.04. The van der Waals surface area contributed by atoms with Gasteiger partial charge in [-0.2, -0.15) is 5.26 Å². The Morgan fingerprint density at radius 1 is 1.08 bits per heavy atom. The largest absolute Gasteiger partial charge is 0.478 e. The standard InChI is InChI=1S/C21H17N3O2/c22-12-16-11-14(9-10-17(16)15-5-2-1-3-6-15)13-24-20-18(21(25)26)7-4-8-19(20)23/h1-11,24H,13,23H2,(H,25,26). The molecule has 0 aliphatic heterocycles. The lowest BCUT2D eigenvalue weighted by Crippen LogP contribution is -2.09. The van der Waals surface area contributed by atoms with Crippen LogP contribution in [0.1, 0.15) is 21.5 Å². The number of nitrogens with two attached hydrogens (primary N) is 1. The first-order chi connectivity index (χ1) is 12.6. The van der Waals surface area contributed by atoms with E-state index in [0.29, 0.717) is 23.5 Å². The molecule has 0 aliphatic rings. The van der Waals surface area contributed by atoms with Gasteiger partial charge in [-0.05, 0) is 34.9 Å². The fourth-order valence-electron chi connectivity index (χ4n) is 2.80. The topological polar surface area (TPSA) is 99.1 Å². The van der Waals surface area contributed by atoms with E-state index in [4.69, 9.17) is 5.73 Å². The minimum Gasteiger partial charge on any atom is -0.478 e. The summed E-state index contributed by atoms with van der Waals surface area (Å²) in [5.41, 5.74) is 10.0. The molecule has 26 heavy (non-hydrogen) atoms. The summed E-state index contributed by atoms with van der Waals surface area (Å²) >= 11 is 0.